The molecule has 2 aromatic rings. The van der Waals surface area contributed by atoms with Gasteiger partial charge in [0.15, 0.2) is 0 Å². The van der Waals surface area contributed by atoms with E-state index in [4.69, 9.17) is 16.3 Å². The molecule has 28 heavy (non-hydrogen) atoms. The smallest absolute Gasteiger partial charge is 0.319 e. The highest BCUT2D eigenvalue weighted by molar-refractivity contribution is 6.31. The maximum absolute atomic E-state index is 13.1. The molecule has 7 heteroatoms. The van der Waals surface area contributed by atoms with Crippen LogP contribution in [0.5, 0.6) is 5.75 Å². The van der Waals surface area contributed by atoms with E-state index in [1.807, 2.05) is 31.2 Å². The summed E-state index contributed by atoms with van der Waals surface area (Å²) < 4.78 is 5.83. The van der Waals surface area contributed by atoms with Gasteiger partial charge in [-0.25, -0.2) is 4.79 Å². The number of nitrogens with one attached hydrogen (secondary N) is 3. The van der Waals surface area contributed by atoms with Crippen LogP contribution >= 0.6 is 11.6 Å². The van der Waals surface area contributed by atoms with E-state index >= 15 is 0 Å². The van der Waals surface area contributed by atoms with Gasteiger partial charge in [-0.05, 0) is 37.6 Å². The molecular formula is C21H22ClN3O3. The van der Waals surface area contributed by atoms with Gasteiger partial charge < -0.3 is 20.7 Å². The van der Waals surface area contributed by atoms with Crippen LogP contribution in [0, 0.1) is 0 Å². The lowest BCUT2D eigenvalue weighted by Gasteiger charge is -2.29. The van der Waals surface area contributed by atoms with Gasteiger partial charge in [0.2, 0.25) is 0 Å². The molecule has 3 N–H and O–H groups in total. The van der Waals surface area contributed by atoms with Crippen LogP contribution < -0.4 is 20.7 Å². The standard InChI is InChI=1S/C21H22ClN3O3/c1-3-11-28-17-10-5-4-9-16(17)19-18(13(2)23-21(27)25-19)20(26)24-15-8-6-7-14(22)12-15/h4-10,12,19H,3,11H2,1-2H3,(H,24,26)(H2,23,25,27). The Balaban J connectivity index is 1.96. The van der Waals surface area contributed by atoms with Gasteiger partial charge in [-0.3, -0.25) is 4.79 Å². The highest BCUT2D eigenvalue weighted by Gasteiger charge is 2.33. The molecule has 0 saturated heterocycles. The molecule has 0 saturated carbocycles. The second-order valence-electron chi connectivity index (χ2n) is 6.42. The molecule has 1 aliphatic rings. The summed E-state index contributed by atoms with van der Waals surface area (Å²) in [5.74, 6) is 0.306. The zero-order chi connectivity index (χ0) is 20.1. The van der Waals surface area contributed by atoms with Crippen LogP contribution in [0.1, 0.15) is 31.9 Å². The minimum absolute atomic E-state index is 0.331. The lowest BCUT2D eigenvalue weighted by atomic mass is 9.94. The number of amides is 3. The van der Waals surface area contributed by atoms with Crippen LogP contribution in [0.25, 0.3) is 0 Å². The Hall–Kier alpha value is -2.99. The first-order chi connectivity index (χ1) is 13.5. The van der Waals surface area contributed by atoms with Crippen LogP contribution in [-0.2, 0) is 4.79 Å². The van der Waals surface area contributed by atoms with Crippen molar-refractivity contribution in [3.05, 3.63) is 70.4 Å². The average Bonchev–Trinajstić information content (AvgIpc) is 2.66. The molecule has 1 aliphatic heterocycles. The van der Waals surface area contributed by atoms with Crippen molar-refractivity contribution in [1.82, 2.24) is 10.6 Å². The molecule has 2 aromatic carbocycles. The van der Waals surface area contributed by atoms with Crippen molar-refractivity contribution in [3.63, 3.8) is 0 Å². The number of urea groups is 1. The van der Waals surface area contributed by atoms with Gasteiger partial charge in [0.25, 0.3) is 5.91 Å². The summed E-state index contributed by atoms with van der Waals surface area (Å²) in [5, 5.41) is 8.87. The Bertz CT molecular complexity index is 927. The topological polar surface area (TPSA) is 79.5 Å². The normalized spacial score (nSPS) is 16.2. The first kappa shape index (κ1) is 19.8. The summed E-state index contributed by atoms with van der Waals surface area (Å²) in [6.45, 7) is 4.26. The number of ether oxygens (including phenoxy) is 1. The zero-order valence-corrected chi connectivity index (χ0v) is 16.5. The molecule has 3 rings (SSSR count). The number of carbonyl (C=O) groups is 2. The summed E-state index contributed by atoms with van der Waals surface area (Å²) in [6, 6.07) is 13.3. The van der Waals surface area contributed by atoms with Crippen molar-refractivity contribution < 1.29 is 14.3 Å². The number of benzene rings is 2. The average molecular weight is 400 g/mol. The molecule has 0 radical (unpaired) electrons. The zero-order valence-electron chi connectivity index (χ0n) is 15.7. The quantitative estimate of drug-likeness (QED) is 0.673. The molecular weight excluding hydrogens is 378 g/mol. The highest BCUT2D eigenvalue weighted by Crippen LogP contribution is 2.33. The molecule has 0 fully saturated rings. The fourth-order valence-corrected chi connectivity index (χ4v) is 3.25. The molecule has 0 aromatic heterocycles. The molecule has 1 heterocycles. The summed E-state index contributed by atoms with van der Waals surface area (Å²) in [4.78, 5) is 25.2. The maximum Gasteiger partial charge on any atom is 0.319 e. The fraction of sp³-hybridized carbons (Fsp3) is 0.238. The summed E-state index contributed by atoms with van der Waals surface area (Å²) in [5.41, 5.74) is 2.19. The number of rotatable bonds is 6. The van der Waals surface area contributed by atoms with Crippen molar-refractivity contribution >= 4 is 29.2 Å². The first-order valence-corrected chi connectivity index (χ1v) is 9.44. The van der Waals surface area contributed by atoms with Crippen molar-refractivity contribution in [2.75, 3.05) is 11.9 Å². The Morgan fingerprint density at radius 2 is 2.00 bits per heavy atom. The van der Waals surface area contributed by atoms with Crippen molar-refractivity contribution in [2.45, 2.75) is 26.3 Å². The van der Waals surface area contributed by atoms with Gasteiger partial charge in [-0.2, -0.15) is 0 Å². The molecule has 0 spiro atoms. The Kier molecular flexibility index (Phi) is 6.21. The van der Waals surface area contributed by atoms with Crippen LogP contribution in [0.3, 0.4) is 0 Å². The highest BCUT2D eigenvalue weighted by atomic mass is 35.5. The maximum atomic E-state index is 13.1. The molecule has 0 aliphatic carbocycles. The third-order valence-electron chi connectivity index (χ3n) is 4.29. The van der Waals surface area contributed by atoms with Crippen LogP contribution in [-0.4, -0.2) is 18.5 Å². The Morgan fingerprint density at radius 3 is 2.75 bits per heavy atom. The van der Waals surface area contributed by atoms with Gasteiger partial charge in [0, 0.05) is 22.0 Å². The number of hydrogen-bond acceptors (Lipinski definition) is 3. The van der Waals surface area contributed by atoms with Crippen LogP contribution in [0.15, 0.2) is 59.8 Å². The number of allylic oxidation sites excluding steroid dienone is 1. The number of para-hydroxylation sites is 1. The van der Waals surface area contributed by atoms with E-state index in [1.54, 1.807) is 31.2 Å². The van der Waals surface area contributed by atoms with Crippen molar-refractivity contribution in [3.8, 4) is 5.75 Å². The number of hydrogen-bond donors (Lipinski definition) is 3. The number of carbonyl (C=O) groups excluding carboxylic acids is 2. The van der Waals surface area contributed by atoms with E-state index in [2.05, 4.69) is 16.0 Å². The van der Waals surface area contributed by atoms with Crippen LogP contribution in [0.2, 0.25) is 5.02 Å². The largest absolute Gasteiger partial charge is 0.493 e. The summed E-state index contributed by atoms with van der Waals surface area (Å²) in [6.07, 6.45) is 0.851. The lowest BCUT2D eigenvalue weighted by Crippen LogP contribution is -2.46. The third-order valence-corrected chi connectivity index (χ3v) is 4.52. The van der Waals surface area contributed by atoms with Gasteiger partial charge in [0.05, 0.1) is 18.2 Å². The summed E-state index contributed by atoms with van der Waals surface area (Å²) >= 11 is 6.01. The molecule has 3 amide bonds. The van der Waals surface area contributed by atoms with E-state index in [1.165, 1.54) is 0 Å². The first-order valence-electron chi connectivity index (χ1n) is 9.06. The molecule has 1 unspecified atom stereocenters. The predicted octanol–water partition coefficient (Wildman–Crippen LogP) is 4.40. The third kappa shape index (κ3) is 4.46. The van der Waals surface area contributed by atoms with E-state index in [9.17, 15) is 9.59 Å². The monoisotopic (exact) mass is 399 g/mol. The molecule has 0 bridgehead atoms. The lowest BCUT2D eigenvalue weighted by molar-refractivity contribution is -0.113. The van der Waals surface area contributed by atoms with Gasteiger partial charge in [-0.15, -0.1) is 0 Å². The van der Waals surface area contributed by atoms with Gasteiger partial charge in [0.1, 0.15) is 5.75 Å². The van der Waals surface area contributed by atoms with E-state index in [0.29, 0.717) is 34.3 Å². The summed E-state index contributed by atoms with van der Waals surface area (Å²) in [7, 11) is 0. The minimum atomic E-state index is -0.638. The fourth-order valence-electron chi connectivity index (χ4n) is 3.06. The van der Waals surface area contributed by atoms with Crippen molar-refractivity contribution in [2.24, 2.45) is 0 Å². The molecule has 146 valence electrons. The van der Waals surface area contributed by atoms with E-state index in [0.717, 1.165) is 12.0 Å². The van der Waals surface area contributed by atoms with Gasteiger partial charge >= 0.3 is 6.03 Å². The van der Waals surface area contributed by atoms with E-state index in [-0.39, 0.29) is 11.9 Å². The molecule has 6 nitrogen and oxygen atoms in total. The Morgan fingerprint density at radius 1 is 1.21 bits per heavy atom. The van der Waals surface area contributed by atoms with E-state index < -0.39 is 6.04 Å². The minimum Gasteiger partial charge on any atom is -0.493 e. The van der Waals surface area contributed by atoms with Gasteiger partial charge in [-0.1, -0.05) is 42.8 Å². The molecule has 1 atom stereocenters. The predicted molar refractivity (Wildman–Crippen MR) is 109 cm³/mol. The number of anilines is 1. The second-order valence-corrected chi connectivity index (χ2v) is 6.86. The second kappa shape index (κ2) is 8.80. The SMILES string of the molecule is CCCOc1ccccc1C1NC(=O)NC(C)=C1C(=O)Nc1cccc(Cl)c1. The number of halogens is 1. The van der Waals surface area contributed by atoms with Crippen molar-refractivity contribution in [1.29, 1.82) is 0 Å². The van der Waals surface area contributed by atoms with Crippen LogP contribution in [0.4, 0.5) is 10.5 Å². The Labute approximate surface area is 168 Å².